The van der Waals surface area contributed by atoms with E-state index >= 15 is 0 Å². The predicted molar refractivity (Wildman–Crippen MR) is 107 cm³/mol. The molecule has 0 aliphatic rings. The van der Waals surface area contributed by atoms with Crippen LogP contribution in [0.25, 0.3) is 22.0 Å². The molecule has 1 aromatic heterocycles. The van der Waals surface area contributed by atoms with Gasteiger partial charge in [0.1, 0.15) is 0 Å². The van der Waals surface area contributed by atoms with Gasteiger partial charge in [0.15, 0.2) is 0 Å². The third kappa shape index (κ3) is 3.11. The van der Waals surface area contributed by atoms with Crippen molar-refractivity contribution in [2.24, 2.45) is 0 Å². The fraction of sp³-hybridized carbons (Fsp3) is 0.0476. The summed E-state index contributed by atoms with van der Waals surface area (Å²) in [4.78, 5) is 0. The Bertz CT molecular complexity index is 1070. The first-order chi connectivity index (χ1) is 12.1. The molecule has 0 spiro atoms. The summed E-state index contributed by atoms with van der Waals surface area (Å²) in [5.74, 6) is 0. The number of rotatable bonds is 3. The quantitative estimate of drug-likeness (QED) is 0.427. The molecule has 0 amide bonds. The molecule has 0 radical (unpaired) electrons. The Morgan fingerprint density at radius 2 is 1.68 bits per heavy atom. The molecule has 0 unspecified atom stereocenters. The maximum atomic E-state index is 6.14. The van der Waals surface area contributed by atoms with Gasteiger partial charge in [-0.1, -0.05) is 53.5 Å². The second kappa shape index (κ2) is 6.47. The van der Waals surface area contributed by atoms with Gasteiger partial charge < -0.3 is 10.3 Å². The van der Waals surface area contributed by atoms with E-state index < -0.39 is 0 Å². The van der Waals surface area contributed by atoms with Crippen molar-refractivity contribution in [3.05, 3.63) is 88.5 Å². The summed E-state index contributed by atoms with van der Waals surface area (Å²) >= 11 is 12.1. The molecule has 4 heteroatoms. The molecule has 25 heavy (non-hydrogen) atoms. The molecule has 4 aromatic rings. The third-order valence-electron chi connectivity index (χ3n) is 4.35. The monoisotopic (exact) mass is 366 g/mol. The van der Waals surface area contributed by atoms with Crippen molar-refractivity contribution < 1.29 is 0 Å². The minimum atomic E-state index is 0.576. The Hall–Kier alpha value is -2.42. The zero-order valence-corrected chi connectivity index (χ0v) is 14.9. The van der Waals surface area contributed by atoms with Crippen molar-refractivity contribution in [2.75, 3.05) is 5.73 Å². The first-order valence-electron chi connectivity index (χ1n) is 7.99. The molecule has 0 saturated heterocycles. The number of halogens is 2. The van der Waals surface area contributed by atoms with Gasteiger partial charge in [0.05, 0.1) is 10.0 Å². The molecule has 2 nitrogen and oxygen atoms in total. The van der Waals surface area contributed by atoms with E-state index in [1.807, 2.05) is 36.4 Å². The van der Waals surface area contributed by atoms with Gasteiger partial charge >= 0.3 is 0 Å². The second-order valence-corrected chi connectivity index (χ2v) is 6.87. The van der Waals surface area contributed by atoms with Crippen LogP contribution in [-0.2, 0) is 6.54 Å². The normalized spacial score (nSPS) is 11.1. The zero-order chi connectivity index (χ0) is 17.4. The number of aromatic nitrogens is 1. The lowest BCUT2D eigenvalue weighted by molar-refractivity contribution is 0.837. The molecule has 2 N–H and O–H groups in total. The Morgan fingerprint density at radius 3 is 2.48 bits per heavy atom. The van der Waals surface area contributed by atoms with E-state index in [1.54, 1.807) is 0 Å². The molecule has 0 atom stereocenters. The molecule has 0 bridgehead atoms. The SMILES string of the molecule is Nc1cccc(-c2cccc3c2ccn3Cc2ccc(Cl)c(Cl)c2)c1. The van der Waals surface area contributed by atoms with Gasteiger partial charge in [-0.3, -0.25) is 0 Å². The van der Waals surface area contributed by atoms with Crippen LogP contribution in [0.4, 0.5) is 5.69 Å². The third-order valence-corrected chi connectivity index (χ3v) is 5.09. The highest BCUT2D eigenvalue weighted by molar-refractivity contribution is 6.42. The number of hydrogen-bond acceptors (Lipinski definition) is 1. The lowest BCUT2D eigenvalue weighted by Crippen LogP contribution is -1.97. The van der Waals surface area contributed by atoms with Crippen molar-refractivity contribution in [1.82, 2.24) is 4.57 Å². The van der Waals surface area contributed by atoms with Crippen LogP contribution in [0.1, 0.15) is 5.56 Å². The lowest BCUT2D eigenvalue weighted by atomic mass is 10.0. The number of anilines is 1. The highest BCUT2D eigenvalue weighted by Crippen LogP contribution is 2.31. The molecule has 0 fully saturated rings. The summed E-state index contributed by atoms with van der Waals surface area (Å²) in [7, 11) is 0. The van der Waals surface area contributed by atoms with E-state index in [1.165, 1.54) is 16.5 Å². The van der Waals surface area contributed by atoms with Crippen molar-refractivity contribution in [1.29, 1.82) is 0 Å². The van der Waals surface area contributed by atoms with Crippen LogP contribution < -0.4 is 5.73 Å². The summed E-state index contributed by atoms with van der Waals surface area (Å²) < 4.78 is 2.21. The Kier molecular flexibility index (Phi) is 4.16. The number of hydrogen-bond donors (Lipinski definition) is 1. The highest BCUT2D eigenvalue weighted by Gasteiger charge is 2.09. The number of nitrogens with zero attached hydrogens (tertiary/aromatic N) is 1. The van der Waals surface area contributed by atoms with Gasteiger partial charge in [-0.2, -0.15) is 0 Å². The average Bonchev–Trinajstić information content (AvgIpc) is 3.01. The van der Waals surface area contributed by atoms with Crippen LogP contribution in [0.3, 0.4) is 0 Å². The topological polar surface area (TPSA) is 30.9 Å². The van der Waals surface area contributed by atoms with Crippen molar-refractivity contribution in [2.45, 2.75) is 6.54 Å². The van der Waals surface area contributed by atoms with E-state index in [4.69, 9.17) is 28.9 Å². The molecule has 0 aliphatic carbocycles. The Labute approximate surface area is 156 Å². The molecule has 3 aromatic carbocycles. The Morgan fingerprint density at radius 1 is 0.840 bits per heavy atom. The molecular formula is C21H16Cl2N2. The van der Waals surface area contributed by atoms with Crippen molar-refractivity contribution in [3.63, 3.8) is 0 Å². The van der Waals surface area contributed by atoms with Crippen molar-refractivity contribution >= 4 is 39.8 Å². The summed E-state index contributed by atoms with van der Waals surface area (Å²) in [5.41, 5.74) is 11.3. The number of nitrogens with two attached hydrogens (primary N) is 1. The smallest absolute Gasteiger partial charge is 0.0595 e. The minimum absolute atomic E-state index is 0.576. The van der Waals surface area contributed by atoms with E-state index in [0.717, 1.165) is 23.4 Å². The predicted octanol–water partition coefficient (Wildman–Crippen LogP) is 6.25. The zero-order valence-electron chi connectivity index (χ0n) is 13.4. The fourth-order valence-corrected chi connectivity index (χ4v) is 3.47. The Balaban J connectivity index is 1.77. The number of benzene rings is 3. The molecular weight excluding hydrogens is 351 g/mol. The van der Waals surface area contributed by atoms with Crippen LogP contribution >= 0.6 is 23.2 Å². The summed E-state index contributed by atoms with van der Waals surface area (Å²) in [5, 5.41) is 2.36. The minimum Gasteiger partial charge on any atom is -0.399 e. The molecule has 0 aliphatic heterocycles. The van der Waals surface area contributed by atoms with E-state index in [0.29, 0.717) is 10.0 Å². The maximum Gasteiger partial charge on any atom is 0.0595 e. The van der Waals surface area contributed by atoms with Gasteiger partial charge in [-0.05, 0) is 53.1 Å². The van der Waals surface area contributed by atoms with Gasteiger partial charge in [0.2, 0.25) is 0 Å². The summed E-state index contributed by atoms with van der Waals surface area (Å²) in [6.45, 7) is 0.737. The van der Waals surface area contributed by atoms with E-state index in [-0.39, 0.29) is 0 Å². The number of nitrogen functional groups attached to an aromatic ring is 1. The fourth-order valence-electron chi connectivity index (χ4n) is 3.15. The van der Waals surface area contributed by atoms with Gasteiger partial charge in [-0.15, -0.1) is 0 Å². The standard InChI is InChI=1S/C21H16Cl2N2/c22-19-8-7-14(11-20(19)23)13-25-10-9-18-17(5-2-6-21(18)25)15-3-1-4-16(24)12-15/h1-12H,13,24H2. The van der Waals surface area contributed by atoms with Crippen molar-refractivity contribution in [3.8, 4) is 11.1 Å². The largest absolute Gasteiger partial charge is 0.399 e. The van der Waals surface area contributed by atoms with Gasteiger partial charge in [-0.25, -0.2) is 0 Å². The summed E-state index contributed by atoms with van der Waals surface area (Å²) in [6.07, 6.45) is 2.10. The molecule has 4 rings (SSSR count). The van der Waals surface area contributed by atoms with Crippen LogP contribution in [0.5, 0.6) is 0 Å². The maximum absolute atomic E-state index is 6.14. The van der Waals surface area contributed by atoms with Gasteiger partial charge in [0, 0.05) is 29.3 Å². The highest BCUT2D eigenvalue weighted by atomic mass is 35.5. The lowest BCUT2D eigenvalue weighted by Gasteiger charge is -2.09. The molecule has 0 saturated carbocycles. The van der Waals surface area contributed by atoms with Gasteiger partial charge in [0.25, 0.3) is 0 Å². The van der Waals surface area contributed by atoms with E-state index in [2.05, 4.69) is 41.1 Å². The molecule has 124 valence electrons. The second-order valence-electron chi connectivity index (χ2n) is 6.06. The first-order valence-corrected chi connectivity index (χ1v) is 8.75. The molecule has 1 heterocycles. The van der Waals surface area contributed by atoms with Crippen LogP contribution in [0.2, 0.25) is 10.0 Å². The van der Waals surface area contributed by atoms with E-state index in [9.17, 15) is 0 Å². The van der Waals surface area contributed by atoms with Crippen LogP contribution in [0, 0.1) is 0 Å². The average molecular weight is 367 g/mol. The number of fused-ring (bicyclic) bond motifs is 1. The summed E-state index contributed by atoms with van der Waals surface area (Å²) in [6, 6.07) is 22.2. The van der Waals surface area contributed by atoms with Crippen LogP contribution in [0.15, 0.2) is 72.9 Å². The first kappa shape index (κ1) is 16.1. The van der Waals surface area contributed by atoms with Crippen LogP contribution in [-0.4, -0.2) is 4.57 Å².